The fraction of sp³-hybridized carbons (Fsp3) is 0.0204. The third-order valence-electron chi connectivity index (χ3n) is 9.43. The van der Waals surface area contributed by atoms with Gasteiger partial charge in [0.05, 0.1) is 6.16 Å². The summed E-state index contributed by atoms with van der Waals surface area (Å²) < 4.78 is 0.559. The summed E-state index contributed by atoms with van der Waals surface area (Å²) in [5.41, 5.74) is 6.24. The molecule has 0 bridgehead atoms. The zero-order valence-corrected chi connectivity index (χ0v) is 30.5. The van der Waals surface area contributed by atoms with Gasteiger partial charge in [0.25, 0.3) is 0 Å². The molecule has 8 aromatic rings. The van der Waals surface area contributed by atoms with Gasteiger partial charge in [-0.25, -0.2) is 0 Å². The van der Waals surface area contributed by atoms with Crippen LogP contribution in [0.2, 0.25) is 0 Å². The van der Waals surface area contributed by atoms with E-state index < -0.39 is 7.26 Å². The van der Waals surface area contributed by atoms with Crippen LogP contribution in [0.1, 0.15) is 5.56 Å². The molecular weight excluding hydrogens is 666 g/mol. The van der Waals surface area contributed by atoms with Gasteiger partial charge in [0.2, 0.25) is 0 Å². The Balaban J connectivity index is 0.000000197. The van der Waals surface area contributed by atoms with Crippen molar-refractivity contribution in [3.05, 3.63) is 248 Å². The van der Waals surface area contributed by atoms with Gasteiger partial charge in [0.15, 0.2) is 0 Å². The predicted molar refractivity (Wildman–Crippen MR) is 226 cm³/mol. The molecule has 2 N–H and O–H groups in total. The lowest BCUT2D eigenvalue weighted by Gasteiger charge is -2.37. The zero-order chi connectivity index (χ0) is 34.6. The minimum absolute atomic E-state index is 0. The highest BCUT2D eigenvalue weighted by atomic mass is 31.2. The summed E-state index contributed by atoms with van der Waals surface area (Å²) in [5.74, 6) is 0. The summed E-state index contributed by atoms with van der Waals surface area (Å²) in [4.78, 5) is 0. The van der Waals surface area contributed by atoms with E-state index in [2.05, 4.69) is 243 Å². The lowest BCUT2D eigenvalue weighted by Crippen LogP contribution is -2.33. The second-order valence-electron chi connectivity index (χ2n) is 12.5. The minimum Gasteiger partial charge on any atom is -0.870 e. The zero-order valence-electron chi connectivity index (χ0n) is 29.6. The van der Waals surface area contributed by atoms with Crippen molar-refractivity contribution >= 4 is 45.9 Å². The third-order valence-corrected chi connectivity index (χ3v) is 13.8. The van der Waals surface area contributed by atoms with Gasteiger partial charge in [-0.1, -0.05) is 158 Å². The molecule has 0 spiro atoms. The monoisotopic (exact) mass is 709 g/mol. The molecule has 0 aromatic heterocycles. The molecule has 0 amide bonds. The number of hydrogen-bond donors (Lipinski definition) is 0. The van der Waals surface area contributed by atoms with Crippen molar-refractivity contribution in [1.82, 2.24) is 4.48 Å². The average Bonchev–Trinajstić information content (AvgIpc) is 3.23. The first-order valence-corrected chi connectivity index (χ1v) is 19.5. The Bertz CT molecular complexity index is 1930. The molecule has 0 saturated heterocycles. The quantitative estimate of drug-likeness (QED) is 0.111. The Hall–Kier alpha value is -5.93. The smallest absolute Gasteiger partial charge is 0.148 e. The van der Waals surface area contributed by atoms with Crippen LogP contribution in [0.25, 0.3) is 0 Å². The number of rotatable bonds is 9. The highest BCUT2D eigenvalue weighted by Crippen LogP contribution is 2.58. The van der Waals surface area contributed by atoms with E-state index in [9.17, 15) is 0 Å². The van der Waals surface area contributed by atoms with E-state index in [1.54, 1.807) is 0 Å². The van der Waals surface area contributed by atoms with E-state index in [-0.39, 0.29) is 11.0 Å². The van der Waals surface area contributed by atoms with Crippen molar-refractivity contribution in [2.24, 2.45) is 0 Å². The van der Waals surface area contributed by atoms with E-state index in [4.69, 9.17) is 0 Å². The molecule has 0 atom stereocenters. The van der Waals surface area contributed by atoms with Crippen molar-refractivity contribution in [3.63, 3.8) is 0 Å². The van der Waals surface area contributed by atoms with E-state index in [1.807, 2.05) is 0 Å². The molecule has 0 aliphatic heterocycles. The molecule has 0 saturated carbocycles. The Morgan fingerprint density at radius 2 is 0.472 bits per heavy atom. The molecule has 53 heavy (non-hydrogen) atoms. The Morgan fingerprint density at radius 1 is 0.264 bits per heavy atom. The Kier molecular flexibility index (Phi) is 13.4. The first-order chi connectivity index (χ1) is 25.3. The summed E-state index contributed by atoms with van der Waals surface area (Å²) in [6.07, 6.45) is 1.03. The topological polar surface area (TPSA) is 60.0 Å². The van der Waals surface area contributed by atoms with E-state index in [0.29, 0.717) is 4.48 Å². The summed E-state index contributed by atoms with van der Waals surface area (Å²) >= 11 is 0. The van der Waals surface area contributed by atoms with E-state index >= 15 is 0 Å². The molecule has 0 aliphatic rings. The van der Waals surface area contributed by atoms with Crippen LogP contribution >= 0.6 is 7.26 Å². The molecule has 3 nitrogen and oxygen atoms in total. The van der Waals surface area contributed by atoms with Crippen LogP contribution in [0.4, 0.5) is 22.7 Å². The van der Waals surface area contributed by atoms with Crippen LogP contribution < -0.4 is 20.4 Å². The van der Waals surface area contributed by atoms with Crippen molar-refractivity contribution in [1.29, 1.82) is 0 Å². The predicted octanol–water partition coefficient (Wildman–Crippen LogP) is 11.8. The highest BCUT2D eigenvalue weighted by Gasteiger charge is 2.45. The van der Waals surface area contributed by atoms with Gasteiger partial charge >= 0.3 is 0 Å². The van der Waals surface area contributed by atoms with Gasteiger partial charge in [0, 0.05) is 48.5 Å². The van der Waals surface area contributed by atoms with Crippen LogP contribution in [0.15, 0.2) is 243 Å². The van der Waals surface area contributed by atoms with Gasteiger partial charge < -0.3 is 11.0 Å². The minimum atomic E-state index is -1.78. The largest absolute Gasteiger partial charge is 0.870 e. The molecule has 0 unspecified atom stereocenters. The van der Waals surface area contributed by atoms with Crippen LogP contribution in [0.5, 0.6) is 0 Å². The molecule has 0 aliphatic carbocycles. The molecule has 262 valence electrons. The van der Waals surface area contributed by atoms with Gasteiger partial charge in [-0.3, -0.25) is 0 Å². The molecular formula is C49H44NO2P. The van der Waals surface area contributed by atoms with Crippen molar-refractivity contribution < 1.29 is 11.0 Å². The lowest BCUT2D eigenvalue weighted by molar-refractivity contribution is 0.704. The van der Waals surface area contributed by atoms with E-state index in [0.717, 1.165) is 6.16 Å². The maximum Gasteiger partial charge on any atom is 0.148 e. The van der Waals surface area contributed by atoms with Crippen molar-refractivity contribution in [3.8, 4) is 0 Å². The number of benzene rings is 8. The summed E-state index contributed by atoms with van der Waals surface area (Å²) in [6.45, 7) is 0. The maximum absolute atomic E-state index is 2.30. The highest BCUT2D eigenvalue weighted by molar-refractivity contribution is 7.95. The number of hydrogen-bond acceptors (Lipinski definition) is 2. The van der Waals surface area contributed by atoms with Crippen molar-refractivity contribution in [2.45, 2.75) is 6.16 Å². The van der Waals surface area contributed by atoms with Gasteiger partial charge in [-0.2, -0.15) is 4.48 Å². The first-order valence-electron chi connectivity index (χ1n) is 17.5. The standard InChI is InChI=1S/C25H22P.C24H20N.2H2O/c1-5-13-22(14-6-1)21-26(23-15-7-2-8-16-23,24-17-9-3-10-18-24)25-19-11-4-12-20-25;1-5-13-21(14-6-1)25(22-15-7-2-8-16-22,23-17-9-3-10-18-23)24-19-11-4-12-20-24;;/h1-20H,21H2;1-20H;2*1H2/q2*+1;;/p-2. The molecule has 0 radical (unpaired) electrons. The second kappa shape index (κ2) is 18.5. The number of nitrogens with zero attached hydrogens (tertiary/aromatic N) is 1. The SMILES string of the molecule is [OH-].[OH-].c1ccc(C[P+](c2ccccc2)(c2ccccc2)c2ccccc2)cc1.c1ccc([N+](c2ccccc2)(c2ccccc2)c2ccccc2)cc1. The second-order valence-corrected chi connectivity index (χ2v) is 16.0. The summed E-state index contributed by atoms with van der Waals surface area (Å²) in [7, 11) is -1.78. The molecule has 4 heteroatoms. The van der Waals surface area contributed by atoms with Crippen LogP contribution in [0.3, 0.4) is 0 Å². The van der Waals surface area contributed by atoms with Crippen molar-refractivity contribution in [2.75, 3.05) is 0 Å². The molecule has 8 rings (SSSR count). The van der Waals surface area contributed by atoms with Gasteiger partial charge in [-0.05, 0) is 42.0 Å². The number of quaternary nitrogens is 1. The Labute approximate surface area is 314 Å². The summed E-state index contributed by atoms with van der Waals surface area (Å²) in [6, 6.07) is 86.8. The molecule has 8 aromatic carbocycles. The average molecular weight is 710 g/mol. The van der Waals surface area contributed by atoms with Crippen LogP contribution in [-0.2, 0) is 6.16 Å². The van der Waals surface area contributed by atoms with Crippen LogP contribution in [0, 0.1) is 0 Å². The fourth-order valence-corrected chi connectivity index (χ4v) is 11.4. The van der Waals surface area contributed by atoms with Gasteiger partial charge in [-0.15, -0.1) is 0 Å². The van der Waals surface area contributed by atoms with Crippen LogP contribution in [-0.4, -0.2) is 11.0 Å². The fourth-order valence-electron chi connectivity index (χ4n) is 7.13. The summed E-state index contributed by atoms with van der Waals surface area (Å²) in [5, 5.41) is 4.30. The maximum atomic E-state index is 2.30. The van der Waals surface area contributed by atoms with Gasteiger partial charge in [0.1, 0.15) is 45.9 Å². The van der Waals surface area contributed by atoms with E-state index in [1.165, 1.54) is 44.2 Å². The Morgan fingerprint density at radius 3 is 0.717 bits per heavy atom. The first kappa shape index (κ1) is 38.3. The normalized spacial score (nSPS) is 10.8. The molecule has 0 fully saturated rings. The third kappa shape index (κ3) is 8.10. The lowest BCUT2D eigenvalue weighted by atomic mass is 10.1. The number of para-hydroxylation sites is 4. The molecule has 0 heterocycles.